The van der Waals surface area contributed by atoms with Crippen LogP contribution in [-0.2, 0) is 10.0 Å². The summed E-state index contributed by atoms with van der Waals surface area (Å²) in [5, 5.41) is 3.86. The molecule has 1 fully saturated rings. The molecule has 2 atom stereocenters. The summed E-state index contributed by atoms with van der Waals surface area (Å²) in [4.78, 5) is 0.315. The second kappa shape index (κ2) is 5.40. The fourth-order valence-electron chi connectivity index (χ4n) is 2.24. The lowest BCUT2D eigenvalue weighted by atomic mass is 10.2. The van der Waals surface area contributed by atoms with Gasteiger partial charge in [0.05, 0.1) is 4.90 Å². The summed E-state index contributed by atoms with van der Waals surface area (Å²) in [5.41, 5.74) is 0.776. The molecular weight excluding hydrogens is 284 g/mol. The highest BCUT2D eigenvalue weighted by Crippen LogP contribution is 2.24. The summed E-state index contributed by atoms with van der Waals surface area (Å²) < 4.78 is 26.9. The van der Waals surface area contributed by atoms with Gasteiger partial charge in [-0.15, -0.1) is 0 Å². The first kappa shape index (κ1) is 14.8. The Morgan fingerprint density at radius 3 is 2.68 bits per heavy atom. The number of sulfonamides is 1. The molecule has 0 aromatic heterocycles. The molecule has 0 spiro atoms. The van der Waals surface area contributed by atoms with Gasteiger partial charge in [0.15, 0.2) is 0 Å². The zero-order valence-corrected chi connectivity index (χ0v) is 12.9. The normalized spacial score (nSPS) is 25.5. The van der Waals surface area contributed by atoms with Crippen molar-refractivity contribution in [1.29, 1.82) is 0 Å². The molecular formula is C13H19ClN2O2S. The Hall–Kier alpha value is -0.620. The predicted molar refractivity (Wildman–Crippen MR) is 77.0 cm³/mol. The lowest BCUT2D eigenvalue weighted by Crippen LogP contribution is -2.56. The minimum atomic E-state index is -3.45. The van der Waals surface area contributed by atoms with Crippen molar-refractivity contribution in [3.63, 3.8) is 0 Å². The van der Waals surface area contributed by atoms with E-state index < -0.39 is 10.0 Å². The van der Waals surface area contributed by atoms with E-state index in [2.05, 4.69) is 5.32 Å². The Balaban J connectivity index is 2.38. The maximum atomic E-state index is 12.7. The average molecular weight is 303 g/mol. The van der Waals surface area contributed by atoms with Crippen LogP contribution in [-0.4, -0.2) is 37.9 Å². The fraction of sp³-hybridized carbons (Fsp3) is 0.538. The number of hydrogen-bond donors (Lipinski definition) is 1. The van der Waals surface area contributed by atoms with E-state index in [-0.39, 0.29) is 12.1 Å². The van der Waals surface area contributed by atoms with E-state index in [1.165, 1.54) is 0 Å². The highest BCUT2D eigenvalue weighted by molar-refractivity contribution is 7.89. The standard InChI is InChI=1S/C13H19ClN2O2S/c1-9-6-12(4-5-13(9)14)19(17,18)16-8-10(2)15-7-11(16)3/h4-6,10-11,15H,7-8H2,1-3H3/t10-,11+/m1/s1. The van der Waals surface area contributed by atoms with Gasteiger partial charge >= 0.3 is 0 Å². The quantitative estimate of drug-likeness (QED) is 0.909. The molecule has 1 aromatic rings. The number of rotatable bonds is 2. The summed E-state index contributed by atoms with van der Waals surface area (Å²) in [7, 11) is -3.45. The lowest BCUT2D eigenvalue weighted by molar-refractivity contribution is 0.244. The molecule has 1 aromatic carbocycles. The Morgan fingerprint density at radius 2 is 2.05 bits per heavy atom. The van der Waals surface area contributed by atoms with Crippen LogP contribution in [0, 0.1) is 6.92 Å². The third-order valence-corrected chi connectivity index (χ3v) is 5.84. The van der Waals surface area contributed by atoms with Gasteiger partial charge in [-0.3, -0.25) is 0 Å². The van der Waals surface area contributed by atoms with E-state index >= 15 is 0 Å². The number of aryl methyl sites for hydroxylation is 1. The van der Waals surface area contributed by atoms with Gasteiger partial charge in [-0.2, -0.15) is 4.31 Å². The molecule has 1 saturated heterocycles. The zero-order valence-electron chi connectivity index (χ0n) is 11.4. The largest absolute Gasteiger partial charge is 0.311 e. The lowest BCUT2D eigenvalue weighted by Gasteiger charge is -2.36. The molecule has 4 nitrogen and oxygen atoms in total. The van der Waals surface area contributed by atoms with Crippen LogP contribution in [0.15, 0.2) is 23.1 Å². The van der Waals surface area contributed by atoms with Crippen LogP contribution in [0.4, 0.5) is 0 Å². The van der Waals surface area contributed by atoms with Crippen LogP contribution in [0.2, 0.25) is 5.02 Å². The Kier molecular flexibility index (Phi) is 4.20. The van der Waals surface area contributed by atoms with Crippen molar-refractivity contribution >= 4 is 21.6 Å². The zero-order chi connectivity index (χ0) is 14.2. The van der Waals surface area contributed by atoms with Crippen molar-refractivity contribution in [3.8, 4) is 0 Å². The van der Waals surface area contributed by atoms with Crippen LogP contribution in [0.5, 0.6) is 0 Å². The van der Waals surface area contributed by atoms with Crippen molar-refractivity contribution in [3.05, 3.63) is 28.8 Å². The van der Waals surface area contributed by atoms with Crippen molar-refractivity contribution in [2.24, 2.45) is 0 Å². The van der Waals surface area contributed by atoms with Crippen molar-refractivity contribution < 1.29 is 8.42 Å². The molecule has 19 heavy (non-hydrogen) atoms. The molecule has 2 rings (SSSR count). The smallest absolute Gasteiger partial charge is 0.243 e. The van der Waals surface area contributed by atoms with E-state index in [9.17, 15) is 8.42 Å². The molecule has 106 valence electrons. The molecule has 0 unspecified atom stereocenters. The number of nitrogens with one attached hydrogen (secondary N) is 1. The van der Waals surface area contributed by atoms with E-state index in [0.29, 0.717) is 23.0 Å². The van der Waals surface area contributed by atoms with E-state index in [1.54, 1.807) is 22.5 Å². The monoisotopic (exact) mass is 302 g/mol. The van der Waals surface area contributed by atoms with E-state index in [1.807, 2.05) is 20.8 Å². The summed E-state index contributed by atoms with van der Waals surface area (Å²) >= 11 is 5.95. The van der Waals surface area contributed by atoms with Crippen LogP contribution in [0.25, 0.3) is 0 Å². The topological polar surface area (TPSA) is 49.4 Å². The number of halogens is 1. The first-order chi connectivity index (χ1) is 8.82. The summed E-state index contributed by atoms with van der Waals surface area (Å²) in [6.45, 7) is 6.88. The fourth-order valence-corrected chi connectivity index (χ4v) is 4.16. The Morgan fingerprint density at radius 1 is 1.37 bits per heavy atom. The molecule has 0 saturated carbocycles. The number of nitrogens with zero attached hydrogens (tertiary/aromatic N) is 1. The summed E-state index contributed by atoms with van der Waals surface area (Å²) in [6, 6.07) is 4.97. The molecule has 0 radical (unpaired) electrons. The van der Waals surface area contributed by atoms with Gasteiger partial charge in [0.2, 0.25) is 10.0 Å². The maximum absolute atomic E-state index is 12.7. The van der Waals surface area contributed by atoms with Gasteiger partial charge in [0.25, 0.3) is 0 Å². The number of piperazine rings is 1. The van der Waals surface area contributed by atoms with Gasteiger partial charge in [0.1, 0.15) is 0 Å². The van der Waals surface area contributed by atoms with Gasteiger partial charge in [0, 0.05) is 30.2 Å². The molecule has 1 aliphatic rings. The third-order valence-electron chi connectivity index (χ3n) is 3.44. The Labute approximate surface area is 119 Å². The highest BCUT2D eigenvalue weighted by atomic mass is 35.5. The van der Waals surface area contributed by atoms with Crippen LogP contribution < -0.4 is 5.32 Å². The highest BCUT2D eigenvalue weighted by Gasteiger charge is 2.33. The first-order valence-corrected chi connectivity index (χ1v) is 8.15. The summed E-state index contributed by atoms with van der Waals surface area (Å²) in [5.74, 6) is 0. The van der Waals surface area contributed by atoms with Crippen LogP contribution in [0.3, 0.4) is 0 Å². The van der Waals surface area contributed by atoms with Gasteiger partial charge in [-0.05, 0) is 44.5 Å². The van der Waals surface area contributed by atoms with E-state index in [4.69, 9.17) is 11.6 Å². The molecule has 6 heteroatoms. The number of benzene rings is 1. The van der Waals surface area contributed by atoms with E-state index in [0.717, 1.165) is 5.56 Å². The molecule has 0 amide bonds. The van der Waals surface area contributed by atoms with Crippen molar-refractivity contribution in [2.75, 3.05) is 13.1 Å². The van der Waals surface area contributed by atoms with Crippen molar-refractivity contribution in [1.82, 2.24) is 9.62 Å². The molecule has 0 bridgehead atoms. The van der Waals surface area contributed by atoms with Crippen LogP contribution in [0.1, 0.15) is 19.4 Å². The van der Waals surface area contributed by atoms with Gasteiger partial charge in [-0.1, -0.05) is 11.6 Å². The minimum Gasteiger partial charge on any atom is -0.311 e. The molecule has 1 aliphatic heterocycles. The molecule has 0 aliphatic carbocycles. The van der Waals surface area contributed by atoms with Gasteiger partial charge in [-0.25, -0.2) is 8.42 Å². The molecule has 1 N–H and O–H groups in total. The second-order valence-electron chi connectivity index (χ2n) is 5.14. The van der Waals surface area contributed by atoms with Gasteiger partial charge < -0.3 is 5.32 Å². The summed E-state index contributed by atoms with van der Waals surface area (Å²) in [6.07, 6.45) is 0. The Bertz CT molecular complexity index is 574. The molecule has 1 heterocycles. The number of hydrogen-bond acceptors (Lipinski definition) is 3. The minimum absolute atomic E-state index is 0.0443. The second-order valence-corrected chi connectivity index (χ2v) is 7.44. The van der Waals surface area contributed by atoms with Crippen molar-refractivity contribution in [2.45, 2.75) is 37.8 Å². The SMILES string of the molecule is Cc1cc(S(=O)(=O)N2C[C@@H](C)NC[C@@H]2C)ccc1Cl. The van der Waals surface area contributed by atoms with Crippen LogP contribution >= 0.6 is 11.6 Å². The maximum Gasteiger partial charge on any atom is 0.243 e. The first-order valence-electron chi connectivity index (χ1n) is 6.33. The predicted octanol–water partition coefficient (Wildman–Crippen LogP) is 2.02. The third kappa shape index (κ3) is 2.94. The average Bonchev–Trinajstić information content (AvgIpc) is 2.35.